The number of benzene rings is 1. The Morgan fingerprint density at radius 2 is 1.88 bits per heavy atom. The highest BCUT2D eigenvalue weighted by Crippen LogP contribution is 2.28. The molecule has 0 saturated carbocycles. The molecule has 3 aromatic heterocycles. The molecule has 0 aliphatic rings. The van der Waals surface area contributed by atoms with Crippen LogP contribution in [0.3, 0.4) is 0 Å². The second-order valence-corrected chi connectivity index (χ2v) is 5.51. The summed E-state index contributed by atoms with van der Waals surface area (Å²) in [5.41, 5.74) is 1.92. The summed E-state index contributed by atoms with van der Waals surface area (Å²) in [4.78, 5) is 4.21. The maximum Gasteiger partial charge on any atom is 0.257 e. The summed E-state index contributed by atoms with van der Waals surface area (Å²) in [6, 6.07) is 9.30. The van der Waals surface area contributed by atoms with Gasteiger partial charge in [-0.2, -0.15) is 0 Å². The first-order chi connectivity index (χ1) is 12.7. The van der Waals surface area contributed by atoms with Crippen molar-refractivity contribution in [1.82, 2.24) is 20.3 Å². The van der Waals surface area contributed by atoms with Gasteiger partial charge in [0.2, 0.25) is 5.89 Å². The molecule has 0 fully saturated rings. The maximum atomic E-state index is 5.74. The molecule has 0 N–H and O–H groups in total. The van der Waals surface area contributed by atoms with Gasteiger partial charge in [-0.1, -0.05) is 17.3 Å². The van der Waals surface area contributed by atoms with Gasteiger partial charge in [0.15, 0.2) is 18.1 Å². The molecule has 0 aliphatic carbocycles. The molecule has 0 atom stereocenters. The van der Waals surface area contributed by atoms with E-state index in [1.54, 1.807) is 6.20 Å². The van der Waals surface area contributed by atoms with Gasteiger partial charge in [0, 0.05) is 6.20 Å². The number of para-hydroxylation sites is 2. The number of fused-ring (bicyclic) bond motifs is 1. The summed E-state index contributed by atoms with van der Waals surface area (Å²) in [5.74, 6) is 2.01. The molecule has 4 aromatic rings. The molecule has 1 aromatic carbocycles. The van der Waals surface area contributed by atoms with Gasteiger partial charge >= 0.3 is 0 Å². The summed E-state index contributed by atoms with van der Waals surface area (Å²) in [7, 11) is 0. The van der Waals surface area contributed by atoms with E-state index >= 15 is 0 Å². The average Bonchev–Trinajstić information content (AvgIpc) is 3.28. The Bertz CT molecular complexity index is 1040. The molecule has 0 aliphatic heterocycles. The van der Waals surface area contributed by atoms with Gasteiger partial charge in [-0.15, -0.1) is 10.2 Å². The lowest BCUT2D eigenvalue weighted by molar-refractivity contribution is 0.243. The highest BCUT2D eigenvalue weighted by molar-refractivity contribution is 5.79. The Kier molecular flexibility index (Phi) is 4.22. The van der Waals surface area contributed by atoms with Gasteiger partial charge < -0.3 is 18.4 Å². The van der Waals surface area contributed by atoms with Crippen molar-refractivity contribution in [2.75, 3.05) is 6.61 Å². The van der Waals surface area contributed by atoms with Crippen molar-refractivity contribution in [1.29, 1.82) is 0 Å². The van der Waals surface area contributed by atoms with Crippen molar-refractivity contribution in [3.05, 3.63) is 48.1 Å². The predicted octanol–water partition coefficient (Wildman–Crippen LogP) is 3.56. The fourth-order valence-corrected chi connectivity index (χ4v) is 2.47. The Balaban J connectivity index is 1.52. The van der Waals surface area contributed by atoms with Crippen molar-refractivity contribution >= 4 is 11.1 Å². The van der Waals surface area contributed by atoms with Crippen LogP contribution in [0, 0.1) is 6.92 Å². The van der Waals surface area contributed by atoms with E-state index in [1.807, 2.05) is 44.2 Å². The third-order valence-electron chi connectivity index (χ3n) is 3.72. The molecule has 8 nitrogen and oxygen atoms in total. The van der Waals surface area contributed by atoms with Gasteiger partial charge in [-0.25, -0.2) is 4.98 Å². The molecule has 0 unspecified atom stereocenters. The van der Waals surface area contributed by atoms with Crippen molar-refractivity contribution < 1.29 is 18.4 Å². The maximum absolute atomic E-state index is 5.74. The Labute approximate surface area is 148 Å². The summed E-state index contributed by atoms with van der Waals surface area (Å²) < 4.78 is 22.1. The standard InChI is InChI=1S/C18H16N4O4/c1-3-23-14-6-4-5-7-15(14)24-10-16-20-21-17(25-16)12-8-13-11(2)22-26-18(13)19-9-12/h4-9H,3,10H2,1-2H3. The van der Waals surface area contributed by atoms with Crippen LogP contribution in [0.4, 0.5) is 0 Å². The van der Waals surface area contributed by atoms with E-state index in [-0.39, 0.29) is 6.61 Å². The molecule has 132 valence electrons. The van der Waals surface area contributed by atoms with Crippen molar-refractivity contribution in [3.63, 3.8) is 0 Å². The predicted molar refractivity (Wildman–Crippen MR) is 91.8 cm³/mol. The van der Waals surface area contributed by atoms with Gasteiger partial charge in [0.05, 0.1) is 23.3 Å². The van der Waals surface area contributed by atoms with E-state index in [2.05, 4.69) is 20.3 Å². The monoisotopic (exact) mass is 352 g/mol. The quantitative estimate of drug-likeness (QED) is 0.520. The minimum atomic E-state index is 0.138. The Morgan fingerprint density at radius 1 is 1.08 bits per heavy atom. The first-order valence-corrected chi connectivity index (χ1v) is 8.14. The number of hydrogen-bond donors (Lipinski definition) is 0. The second kappa shape index (κ2) is 6.83. The van der Waals surface area contributed by atoms with Crippen molar-refractivity contribution in [2.24, 2.45) is 0 Å². The lowest BCUT2D eigenvalue weighted by Gasteiger charge is -2.09. The Hall–Kier alpha value is -3.42. The highest BCUT2D eigenvalue weighted by atomic mass is 16.5. The van der Waals surface area contributed by atoms with Crippen LogP contribution in [-0.4, -0.2) is 26.9 Å². The summed E-state index contributed by atoms with van der Waals surface area (Å²) in [6.45, 7) is 4.46. The molecule has 0 spiro atoms. The molecule has 26 heavy (non-hydrogen) atoms. The molecule has 4 rings (SSSR count). The van der Waals surface area contributed by atoms with E-state index in [4.69, 9.17) is 18.4 Å². The molecular weight excluding hydrogens is 336 g/mol. The van der Waals surface area contributed by atoms with Gasteiger partial charge in [-0.3, -0.25) is 0 Å². The fourth-order valence-electron chi connectivity index (χ4n) is 2.47. The smallest absolute Gasteiger partial charge is 0.257 e. The third kappa shape index (κ3) is 3.08. The molecule has 3 heterocycles. The number of aryl methyl sites for hydroxylation is 1. The van der Waals surface area contributed by atoms with Gasteiger partial charge in [-0.05, 0) is 32.0 Å². The molecule has 8 heteroatoms. The van der Waals surface area contributed by atoms with Crippen LogP contribution in [0.25, 0.3) is 22.6 Å². The zero-order chi connectivity index (χ0) is 17.9. The topological polar surface area (TPSA) is 96.3 Å². The molecule has 0 saturated heterocycles. The fraction of sp³-hybridized carbons (Fsp3) is 0.222. The molecular formula is C18H16N4O4. The normalized spacial score (nSPS) is 11.0. The lowest BCUT2D eigenvalue weighted by Crippen LogP contribution is -1.99. The van der Waals surface area contributed by atoms with E-state index in [0.29, 0.717) is 41.2 Å². The number of nitrogens with zero attached hydrogens (tertiary/aromatic N) is 4. The minimum Gasteiger partial charge on any atom is -0.490 e. The van der Waals surface area contributed by atoms with Crippen molar-refractivity contribution in [3.8, 4) is 23.0 Å². The lowest BCUT2D eigenvalue weighted by atomic mass is 10.2. The minimum absolute atomic E-state index is 0.138. The third-order valence-corrected chi connectivity index (χ3v) is 3.72. The van der Waals surface area contributed by atoms with Gasteiger partial charge in [0.1, 0.15) is 0 Å². The molecule has 0 amide bonds. The Morgan fingerprint density at radius 3 is 2.69 bits per heavy atom. The number of pyridine rings is 1. The first-order valence-electron chi connectivity index (χ1n) is 8.14. The van der Waals surface area contributed by atoms with Crippen LogP contribution >= 0.6 is 0 Å². The van der Waals surface area contributed by atoms with Crippen LogP contribution in [0.5, 0.6) is 11.5 Å². The SMILES string of the molecule is CCOc1ccccc1OCc1nnc(-c2cnc3onc(C)c3c2)o1. The van der Waals surface area contributed by atoms with Gasteiger partial charge in [0.25, 0.3) is 11.6 Å². The van der Waals surface area contributed by atoms with Crippen molar-refractivity contribution in [2.45, 2.75) is 20.5 Å². The van der Waals surface area contributed by atoms with Crippen LogP contribution in [0.2, 0.25) is 0 Å². The summed E-state index contributed by atoms with van der Waals surface area (Å²) in [6.07, 6.45) is 1.61. The highest BCUT2D eigenvalue weighted by Gasteiger charge is 2.14. The summed E-state index contributed by atoms with van der Waals surface area (Å²) >= 11 is 0. The second-order valence-electron chi connectivity index (χ2n) is 5.51. The number of ether oxygens (including phenoxy) is 2. The molecule has 0 bridgehead atoms. The number of hydrogen-bond acceptors (Lipinski definition) is 8. The van der Waals surface area contributed by atoms with Crippen LogP contribution in [0.15, 0.2) is 45.5 Å². The van der Waals surface area contributed by atoms with E-state index in [0.717, 1.165) is 11.1 Å². The summed E-state index contributed by atoms with van der Waals surface area (Å²) in [5, 5.41) is 12.8. The van der Waals surface area contributed by atoms with E-state index in [9.17, 15) is 0 Å². The number of rotatable bonds is 6. The first kappa shape index (κ1) is 16.1. The zero-order valence-electron chi connectivity index (χ0n) is 14.3. The van der Waals surface area contributed by atoms with Crippen LogP contribution in [0.1, 0.15) is 18.5 Å². The zero-order valence-corrected chi connectivity index (χ0v) is 14.3. The van der Waals surface area contributed by atoms with Crippen LogP contribution in [-0.2, 0) is 6.61 Å². The number of aromatic nitrogens is 4. The van der Waals surface area contributed by atoms with E-state index in [1.165, 1.54) is 0 Å². The largest absolute Gasteiger partial charge is 0.490 e. The average molecular weight is 352 g/mol. The molecule has 0 radical (unpaired) electrons. The van der Waals surface area contributed by atoms with Crippen LogP contribution < -0.4 is 9.47 Å². The van der Waals surface area contributed by atoms with E-state index < -0.39 is 0 Å².